The molecule has 1 aliphatic rings. The predicted octanol–water partition coefficient (Wildman–Crippen LogP) is 2.16. The zero-order chi connectivity index (χ0) is 15.0. The van der Waals surface area contributed by atoms with Crippen LogP contribution in [0.1, 0.15) is 23.0 Å². The molecular formula is C16H16N2O3. The van der Waals surface area contributed by atoms with Crippen LogP contribution in [0.25, 0.3) is 0 Å². The van der Waals surface area contributed by atoms with Crippen molar-refractivity contribution in [3.63, 3.8) is 0 Å². The molecule has 1 atom stereocenters. The standard InChI is InChI=1S/C16H16N2O3/c1-2-17-9-5-8-13(17)15(19)18-12-7-4-3-6-11(12)10-14(18)16(20)21/h3-9,14H,2,10H2,1H3,(H,20,21). The molecule has 0 spiro atoms. The van der Waals surface area contributed by atoms with E-state index in [9.17, 15) is 14.7 Å². The number of hydrogen-bond donors (Lipinski definition) is 1. The fourth-order valence-corrected chi connectivity index (χ4v) is 2.84. The van der Waals surface area contributed by atoms with Gasteiger partial charge in [0.2, 0.25) is 0 Å². The smallest absolute Gasteiger partial charge is 0.327 e. The molecular weight excluding hydrogens is 268 g/mol. The van der Waals surface area contributed by atoms with E-state index in [4.69, 9.17) is 0 Å². The van der Waals surface area contributed by atoms with Gasteiger partial charge in [0.25, 0.3) is 5.91 Å². The molecule has 1 amide bonds. The van der Waals surface area contributed by atoms with Gasteiger partial charge in [-0.1, -0.05) is 18.2 Å². The summed E-state index contributed by atoms with van der Waals surface area (Å²) in [6.07, 6.45) is 2.18. The second-order valence-corrected chi connectivity index (χ2v) is 5.04. The molecule has 0 bridgehead atoms. The Balaban J connectivity index is 2.06. The Hall–Kier alpha value is -2.56. The van der Waals surface area contributed by atoms with E-state index in [0.29, 0.717) is 24.3 Å². The van der Waals surface area contributed by atoms with E-state index in [1.54, 1.807) is 18.2 Å². The van der Waals surface area contributed by atoms with Gasteiger partial charge in [0, 0.05) is 24.8 Å². The van der Waals surface area contributed by atoms with Gasteiger partial charge in [-0.25, -0.2) is 4.79 Å². The first kappa shape index (κ1) is 13.4. The van der Waals surface area contributed by atoms with Crippen LogP contribution >= 0.6 is 0 Å². The SMILES string of the molecule is CCn1cccc1C(=O)N1c2ccccc2CC1C(=O)O. The maximum atomic E-state index is 12.8. The summed E-state index contributed by atoms with van der Waals surface area (Å²) in [6.45, 7) is 2.62. The van der Waals surface area contributed by atoms with Crippen LogP contribution in [0.4, 0.5) is 5.69 Å². The number of benzene rings is 1. The van der Waals surface area contributed by atoms with Gasteiger partial charge in [-0.3, -0.25) is 9.69 Å². The van der Waals surface area contributed by atoms with E-state index in [-0.39, 0.29) is 5.91 Å². The van der Waals surface area contributed by atoms with E-state index in [1.165, 1.54) is 4.90 Å². The summed E-state index contributed by atoms with van der Waals surface area (Å²) in [4.78, 5) is 25.7. The number of anilines is 1. The Labute approximate surface area is 122 Å². The Morgan fingerprint density at radius 3 is 2.71 bits per heavy atom. The normalized spacial score (nSPS) is 16.8. The highest BCUT2D eigenvalue weighted by Gasteiger charge is 2.39. The van der Waals surface area contributed by atoms with Crippen LogP contribution < -0.4 is 4.90 Å². The summed E-state index contributed by atoms with van der Waals surface area (Å²) in [7, 11) is 0. The Morgan fingerprint density at radius 2 is 2.00 bits per heavy atom. The molecule has 1 aromatic heterocycles. The molecule has 0 saturated carbocycles. The number of carbonyl (C=O) groups excluding carboxylic acids is 1. The number of carboxylic acid groups (broad SMARTS) is 1. The molecule has 0 radical (unpaired) electrons. The van der Waals surface area contributed by atoms with Crippen LogP contribution in [0.3, 0.4) is 0 Å². The number of nitrogens with zero attached hydrogens (tertiary/aromatic N) is 2. The highest BCUT2D eigenvalue weighted by Crippen LogP contribution is 2.33. The summed E-state index contributed by atoms with van der Waals surface area (Å²) in [5, 5.41) is 9.43. The number of aliphatic carboxylic acids is 1. The third kappa shape index (κ3) is 2.11. The molecule has 5 heteroatoms. The summed E-state index contributed by atoms with van der Waals surface area (Å²) in [6, 6.07) is 10.0. The van der Waals surface area contributed by atoms with E-state index < -0.39 is 12.0 Å². The minimum atomic E-state index is -0.978. The lowest BCUT2D eigenvalue weighted by Crippen LogP contribution is -2.43. The number of rotatable bonds is 3. The maximum Gasteiger partial charge on any atom is 0.327 e. The molecule has 5 nitrogen and oxygen atoms in total. The first-order valence-corrected chi connectivity index (χ1v) is 6.93. The number of amides is 1. The third-order valence-corrected chi connectivity index (χ3v) is 3.87. The Bertz CT molecular complexity index is 705. The van der Waals surface area contributed by atoms with Crippen molar-refractivity contribution >= 4 is 17.6 Å². The van der Waals surface area contributed by atoms with Crippen molar-refractivity contribution in [3.8, 4) is 0 Å². The Morgan fingerprint density at radius 1 is 1.24 bits per heavy atom. The summed E-state index contributed by atoms with van der Waals surface area (Å²) in [5.41, 5.74) is 2.10. The van der Waals surface area contributed by atoms with Crippen molar-refractivity contribution in [2.45, 2.75) is 25.9 Å². The number of carboxylic acids is 1. The summed E-state index contributed by atoms with van der Waals surface area (Å²) in [5.74, 6) is -1.24. The van der Waals surface area contributed by atoms with Crippen molar-refractivity contribution < 1.29 is 14.7 Å². The number of aryl methyl sites for hydroxylation is 1. The summed E-state index contributed by atoms with van der Waals surface area (Å²) < 4.78 is 1.82. The van der Waals surface area contributed by atoms with Crippen molar-refractivity contribution in [3.05, 3.63) is 53.9 Å². The van der Waals surface area contributed by atoms with Gasteiger partial charge < -0.3 is 9.67 Å². The molecule has 3 rings (SSSR count). The molecule has 21 heavy (non-hydrogen) atoms. The highest BCUT2D eigenvalue weighted by atomic mass is 16.4. The maximum absolute atomic E-state index is 12.8. The van der Waals surface area contributed by atoms with Gasteiger partial charge in [-0.15, -0.1) is 0 Å². The summed E-state index contributed by atoms with van der Waals surface area (Å²) >= 11 is 0. The average molecular weight is 284 g/mol. The van der Waals surface area contributed by atoms with Crippen LogP contribution in [0.2, 0.25) is 0 Å². The fraction of sp³-hybridized carbons (Fsp3) is 0.250. The minimum absolute atomic E-state index is 0.265. The van der Waals surface area contributed by atoms with E-state index >= 15 is 0 Å². The average Bonchev–Trinajstić information content (AvgIpc) is 3.10. The minimum Gasteiger partial charge on any atom is -0.480 e. The number of aromatic nitrogens is 1. The molecule has 1 aliphatic heterocycles. The van der Waals surface area contributed by atoms with Gasteiger partial charge in [0.1, 0.15) is 11.7 Å². The molecule has 1 N–H and O–H groups in total. The molecule has 2 heterocycles. The second-order valence-electron chi connectivity index (χ2n) is 5.04. The lowest BCUT2D eigenvalue weighted by Gasteiger charge is -2.23. The van der Waals surface area contributed by atoms with Gasteiger partial charge in [0.05, 0.1) is 0 Å². The lowest BCUT2D eigenvalue weighted by molar-refractivity contribution is -0.138. The molecule has 1 unspecified atom stereocenters. The van der Waals surface area contributed by atoms with Crippen LogP contribution in [0.5, 0.6) is 0 Å². The van der Waals surface area contributed by atoms with Crippen molar-refractivity contribution in [2.75, 3.05) is 4.90 Å². The van der Waals surface area contributed by atoms with Crippen molar-refractivity contribution in [1.82, 2.24) is 4.57 Å². The number of fused-ring (bicyclic) bond motifs is 1. The first-order valence-electron chi connectivity index (χ1n) is 6.93. The molecule has 2 aromatic rings. The van der Waals surface area contributed by atoms with Crippen LogP contribution in [0, 0.1) is 0 Å². The largest absolute Gasteiger partial charge is 0.480 e. The van der Waals surface area contributed by atoms with Crippen molar-refractivity contribution in [1.29, 1.82) is 0 Å². The molecule has 108 valence electrons. The number of para-hydroxylation sites is 1. The second kappa shape index (κ2) is 5.09. The Kier molecular flexibility index (Phi) is 3.25. The van der Waals surface area contributed by atoms with Gasteiger partial charge in [0.15, 0.2) is 0 Å². The van der Waals surface area contributed by atoms with Crippen LogP contribution in [-0.4, -0.2) is 27.6 Å². The zero-order valence-electron chi connectivity index (χ0n) is 11.7. The topological polar surface area (TPSA) is 62.5 Å². The number of carbonyl (C=O) groups is 2. The van der Waals surface area contributed by atoms with Crippen LogP contribution in [-0.2, 0) is 17.8 Å². The lowest BCUT2D eigenvalue weighted by atomic mass is 10.1. The first-order chi connectivity index (χ1) is 10.1. The fourth-order valence-electron chi connectivity index (χ4n) is 2.84. The van der Waals surface area contributed by atoms with E-state index in [0.717, 1.165) is 5.56 Å². The van der Waals surface area contributed by atoms with Gasteiger partial charge in [-0.2, -0.15) is 0 Å². The highest BCUT2D eigenvalue weighted by molar-refractivity contribution is 6.10. The zero-order valence-corrected chi connectivity index (χ0v) is 11.7. The third-order valence-electron chi connectivity index (χ3n) is 3.87. The van der Waals surface area contributed by atoms with Crippen molar-refractivity contribution in [2.24, 2.45) is 0 Å². The van der Waals surface area contributed by atoms with Gasteiger partial charge in [-0.05, 0) is 30.7 Å². The van der Waals surface area contributed by atoms with E-state index in [2.05, 4.69) is 0 Å². The monoisotopic (exact) mass is 284 g/mol. The van der Waals surface area contributed by atoms with Crippen LogP contribution in [0.15, 0.2) is 42.6 Å². The van der Waals surface area contributed by atoms with E-state index in [1.807, 2.05) is 35.9 Å². The molecule has 0 fully saturated rings. The quantitative estimate of drug-likeness (QED) is 0.939. The van der Waals surface area contributed by atoms with Gasteiger partial charge >= 0.3 is 5.97 Å². The molecule has 0 aliphatic carbocycles. The molecule has 0 saturated heterocycles. The molecule has 1 aromatic carbocycles. The number of hydrogen-bond acceptors (Lipinski definition) is 2. The predicted molar refractivity (Wildman–Crippen MR) is 78.5 cm³/mol.